The van der Waals surface area contributed by atoms with E-state index >= 15 is 0 Å². The van der Waals surface area contributed by atoms with Crippen LogP contribution in [0.15, 0.2) is 33.6 Å². The molecule has 0 aliphatic heterocycles. The Kier molecular flexibility index (Phi) is 8.37. The van der Waals surface area contributed by atoms with Crippen molar-refractivity contribution in [2.75, 3.05) is 18.9 Å². The first-order valence-electron chi connectivity index (χ1n) is 6.42. The third-order valence-corrected chi connectivity index (χ3v) is 3.90. The molecule has 0 saturated heterocycles. The second-order valence-corrected chi connectivity index (χ2v) is 6.07. The zero-order chi connectivity index (χ0) is 14.8. The van der Waals surface area contributed by atoms with Crippen LogP contribution in [-0.2, 0) is 14.3 Å². The van der Waals surface area contributed by atoms with Gasteiger partial charge in [-0.05, 0) is 30.7 Å². The highest BCUT2D eigenvalue weighted by atomic mass is 79.9. The summed E-state index contributed by atoms with van der Waals surface area (Å²) in [6.07, 6.45) is 1.95. The monoisotopic (exact) mass is 359 g/mol. The van der Waals surface area contributed by atoms with Gasteiger partial charge >= 0.3 is 5.97 Å². The Balaban J connectivity index is 2.17. The number of carbonyl (C=O) groups excluding carboxylic acids is 2. The second-order valence-electron chi connectivity index (χ2n) is 4.11. The molecule has 0 aromatic heterocycles. The van der Waals surface area contributed by atoms with Crippen molar-refractivity contribution in [3.8, 4) is 0 Å². The fourth-order valence-corrected chi connectivity index (χ4v) is 2.28. The minimum Gasteiger partial charge on any atom is -0.455 e. The maximum absolute atomic E-state index is 11.5. The maximum Gasteiger partial charge on any atom is 0.316 e. The Labute approximate surface area is 131 Å². The number of hydrogen-bond donors (Lipinski definition) is 1. The molecule has 0 unspecified atom stereocenters. The predicted molar refractivity (Wildman–Crippen MR) is 83.7 cm³/mol. The van der Waals surface area contributed by atoms with E-state index < -0.39 is 0 Å². The highest BCUT2D eigenvalue weighted by Crippen LogP contribution is 2.20. The molecule has 0 aliphatic carbocycles. The molecule has 0 atom stereocenters. The van der Waals surface area contributed by atoms with Crippen LogP contribution in [0.25, 0.3) is 0 Å². The first-order valence-corrected chi connectivity index (χ1v) is 8.20. The van der Waals surface area contributed by atoms with Crippen molar-refractivity contribution in [3.05, 3.63) is 28.7 Å². The average Bonchev–Trinajstić information content (AvgIpc) is 2.45. The number of esters is 1. The minimum absolute atomic E-state index is 0.198. The van der Waals surface area contributed by atoms with Gasteiger partial charge in [-0.2, -0.15) is 0 Å². The van der Waals surface area contributed by atoms with E-state index in [9.17, 15) is 9.59 Å². The van der Waals surface area contributed by atoms with Crippen molar-refractivity contribution >= 4 is 39.6 Å². The summed E-state index contributed by atoms with van der Waals surface area (Å²) >= 11 is 4.73. The molecule has 0 bridgehead atoms. The summed E-state index contributed by atoms with van der Waals surface area (Å²) in [6.45, 7) is 2.47. The quantitative estimate of drug-likeness (QED) is 0.440. The number of benzene rings is 1. The molecule has 0 aliphatic rings. The van der Waals surface area contributed by atoms with E-state index in [2.05, 4.69) is 21.2 Å². The van der Waals surface area contributed by atoms with E-state index in [0.29, 0.717) is 6.54 Å². The standard InChI is InChI=1S/C14H18BrNO3S/c1-2-3-8-16-13(17)9-19-14(18)10-20-12-6-4-11(15)5-7-12/h4-7H,2-3,8-10H2,1H3,(H,16,17). The van der Waals surface area contributed by atoms with Gasteiger partial charge in [0.15, 0.2) is 6.61 Å². The van der Waals surface area contributed by atoms with E-state index in [0.717, 1.165) is 22.2 Å². The Bertz CT molecular complexity index is 437. The zero-order valence-electron chi connectivity index (χ0n) is 11.4. The van der Waals surface area contributed by atoms with Gasteiger partial charge in [0.1, 0.15) is 0 Å². The molecule has 0 fully saturated rings. The van der Waals surface area contributed by atoms with Gasteiger partial charge in [-0.15, -0.1) is 11.8 Å². The first-order chi connectivity index (χ1) is 9.61. The zero-order valence-corrected chi connectivity index (χ0v) is 13.8. The van der Waals surface area contributed by atoms with Crippen molar-refractivity contribution in [2.45, 2.75) is 24.7 Å². The summed E-state index contributed by atoms with van der Waals surface area (Å²) in [7, 11) is 0. The van der Waals surface area contributed by atoms with Crippen molar-refractivity contribution in [1.29, 1.82) is 0 Å². The van der Waals surface area contributed by atoms with Crippen LogP contribution < -0.4 is 5.32 Å². The summed E-state index contributed by atoms with van der Waals surface area (Å²) in [6, 6.07) is 7.66. The van der Waals surface area contributed by atoms with E-state index in [1.807, 2.05) is 31.2 Å². The number of halogens is 1. The fourth-order valence-electron chi connectivity index (χ4n) is 1.32. The van der Waals surface area contributed by atoms with Crippen molar-refractivity contribution in [1.82, 2.24) is 5.32 Å². The van der Waals surface area contributed by atoms with E-state index in [1.165, 1.54) is 11.8 Å². The van der Waals surface area contributed by atoms with Crippen LogP contribution in [0.1, 0.15) is 19.8 Å². The lowest BCUT2D eigenvalue weighted by Gasteiger charge is -2.06. The molecule has 0 spiro atoms. The maximum atomic E-state index is 11.5. The van der Waals surface area contributed by atoms with Gasteiger partial charge in [-0.1, -0.05) is 29.3 Å². The van der Waals surface area contributed by atoms with Crippen LogP contribution in [0, 0.1) is 0 Å². The Hall–Kier alpha value is -1.01. The summed E-state index contributed by atoms with van der Waals surface area (Å²) < 4.78 is 5.89. The Morgan fingerprint density at radius 2 is 2.00 bits per heavy atom. The second kappa shape index (κ2) is 9.83. The Morgan fingerprint density at radius 1 is 1.30 bits per heavy atom. The molecule has 4 nitrogen and oxygen atoms in total. The van der Waals surface area contributed by atoms with Crippen molar-refractivity contribution in [2.24, 2.45) is 0 Å². The van der Waals surface area contributed by atoms with Crippen LogP contribution in [0.4, 0.5) is 0 Å². The highest BCUT2D eigenvalue weighted by molar-refractivity contribution is 9.10. The number of unbranched alkanes of at least 4 members (excludes halogenated alkanes) is 1. The molecule has 1 aromatic rings. The van der Waals surface area contributed by atoms with Gasteiger partial charge in [0.2, 0.25) is 0 Å². The van der Waals surface area contributed by atoms with Gasteiger partial charge in [0, 0.05) is 15.9 Å². The molecule has 0 saturated carbocycles. The third kappa shape index (κ3) is 7.55. The van der Waals surface area contributed by atoms with Crippen molar-refractivity contribution in [3.63, 3.8) is 0 Å². The lowest BCUT2D eigenvalue weighted by molar-refractivity contribution is -0.145. The molecular weight excluding hydrogens is 342 g/mol. The molecule has 0 radical (unpaired) electrons. The molecular formula is C14H18BrNO3S. The summed E-state index contributed by atoms with van der Waals surface area (Å²) in [5, 5.41) is 2.69. The van der Waals surface area contributed by atoms with E-state index in [1.54, 1.807) is 0 Å². The molecule has 1 rings (SSSR count). The predicted octanol–water partition coefficient (Wildman–Crippen LogP) is 3.00. The largest absolute Gasteiger partial charge is 0.455 e. The normalized spacial score (nSPS) is 10.1. The van der Waals surface area contributed by atoms with Crippen LogP contribution in [-0.4, -0.2) is 30.8 Å². The fraction of sp³-hybridized carbons (Fsp3) is 0.429. The van der Waals surface area contributed by atoms with Crippen LogP contribution in [0.3, 0.4) is 0 Å². The molecule has 1 aromatic carbocycles. The van der Waals surface area contributed by atoms with E-state index in [-0.39, 0.29) is 24.2 Å². The third-order valence-electron chi connectivity index (χ3n) is 2.39. The van der Waals surface area contributed by atoms with Crippen molar-refractivity contribution < 1.29 is 14.3 Å². The van der Waals surface area contributed by atoms with E-state index in [4.69, 9.17) is 4.74 Å². The molecule has 0 heterocycles. The minimum atomic E-state index is -0.386. The number of ether oxygens (including phenoxy) is 1. The van der Waals surface area contributed by atoms with Gasteiger partial charge in [-0.3, -0.25) is 9.59 Å². The molecule has 1 amide bonds. The average molecular weight is 360 g/mol. The smallest absolute Gasteiger partial charge is 0.316 e. The topological polar surface area (TPSA) is 55.4 Å². The molecule has 110 valence electrons. The summed E-state index contributed by atoms with van der Waals surface area (Å²) in [5.41, 5.74) is 0. The lowest BCUT2D eigenvalue weighted by Crippen LogP contribution is -2.29. The molecule has 20 heavy (non-hydrogen) atoms. The van der Waals surface area contributed by atoms with Crippen LogP contribution >= 0.6 is 27.7 Å². The number of thioether (sulfide) groups is 1. The molecule has 1 N–H and O–H groups in total. The van der Waals surface area contributed by atoms with Gasteiger partial charge in [-0.25, -0.2) is 0 Å². The first kappa shape index (κ1) is 17.0. The lowest BCUT2D eigenvalue weighted by atomic mass is 10.3. The highest BCUT2D eigenvalue weighted by Gasteiger charge is 2.07. The summed E-state index contributed by atoms with van der Waals surface area (Å²) in [4.78, 5) is 23.8. The van der Waals surface area contributed by atoms with Gasteiger partial charge in [0.25, 0.3) is 5.91 Å². The van der Waals surface area contributed by atoms with Gasteiger partial charge < -0.3 is 10.1 Å². The number of rotatable bonds is 8. The Morgan fingerprint density at radius 3 is 2.65 bits per heavy atom. The molecule has 6 heteroatoms. The SMILES string of the molecule is CCCCNC(=O)COC(=O)CSc1ccc(Br)cc1. The summed E-state index contributed by atoms with van der Waals surface area (Å²) in [5.74, 6) is -0.437. The number of hydrogen-bond acceptors (Lipinski definition) is 4. The van der Waals surface area contributed by atoms with Crippen LogP contribution in [0.2, 0.25) is 0 Å². The van der Waals surface area contributed by atoms with Crippen LogP contribution in [0.5, 0.6) is 0 Å². The number of carbonyl (C=O) groups is 2. The number of amides is 1. The van der Waals surface area contributed by atoms with Gasteiger partial charge in [0.05, 0.1) is 5.75 Å². The number of nitrogens with one attached hydrogen (secondary N) is 1.